The second-order valence-electron chi connectivity index (χ2n) is 4.95. The van der Waals surface area contributed by atoms with Gasteiger partial charge in [0.05, 0.1) is 16.4 Å². The van der Waals surface area contributed by atoms with E-state index in [9.17, 15) is 4.39 Å². The molecule has 0 aliphatic carbocycles. The summed E-state index contributed by atoms with van der Waals surface area (Å²) in [6, 6.07) is 4.96. The average Bonchev–Trinajstić information content (AvgIpc) is 2.65. The van der Waals surface area contributed by atoms with E-state index < -0.39 is 0 Å². The summed E-state index contributed by atoms with van der Waals surface area (Å²) < 4.78 is 16.0. The number of aromatic nitrogens is 2. The zero-order valence-corrected chi connectivity index (χ0v) is 15.2. The Morgan fingerprint density at radius 2 is 2.19 bits per heavy atom. The van der Waals surface area contributed by atoms with Crippen LogP contribution < -0.4 is 5.32 Å². The molecule has 1 heterocycles. The maximum Gasteiger partial charge on any atom is 0.124 e. The van der Waals surface area contributed by atoms with Crippen LogP contribution in [0.2, 0.25) is 5.02 Å². The Morgan fingerprint density at radius 1 is 1.48 bits per heavy atom. The molecule has 0 aliphatic rings. The van der Waals surface area contributed by atoms with Crippen LogP contribution in [0.25, 0.3) is 0 Å². The van der Waals surface area contributed by atoms with Crippen LogP contribution in [0, 0.1) is 16.3 Å². The molecular formula is C15H18ClFIN3. The van der Waals surface area contributed by atoms with E-state index in [0.29, 0.717) is 11.4 Å². The second kappa shape index (κ2) is 7.07. The number of hydrogen-bond acceptors (Lipinski definition) is 2. The van der Waals surface area contributed by atoms with Crippen molar-refractivity contribution in [2.45, 2.75) is 26.3 Å². The Hall–Kier alpha value is -0.660. The Labute approximate surface area is 143 Å². The number of nitrogens with one attached hydrogen (secondary N) is 1. The number of benzene rings is 1. The largest absolute Gasteiger partial charge is 0.310 e. The van der Waals surface area contributed by atoms with E-state index in [-0.39, 0.29) is 11.9 Å². The quantitative estimate of drug-likeness (QED) is 0.739. The van der Waals surface area contributed by atoms with E-state index in [1.54, 1.807) is 6.07 Å². The molecule has 0 bridgehead atoms. The van der Waals surface area contributed by atoms with Gasteiger partial charge >= 0.3 is 0 Å². The predicted molar refractivity (Wildman–Crippen MR) is 92.2 cm³/mol. The van der Waals surface area contributed by atoms with E-state index in [0.717, 1.165) is 27.1 Å². The molecule has 0 fully saturated rings. The number of halogens is 3. The van der Waals surface area contributed by atoms with Crippen LogP contribution in [0.1, 0.15) is 29.9 Å². The predicted octanol–water partition coefficient (Wildman–Crippen LogP) is 4.02. The summed E-state index contributed by atoms with van der Waals surface area (Å²) in [4.78, 5) is 0. The van der Waals surface area contributed by atoms with Gasteiger partial charge in [-0.15, -0.1) is 0 Å². The van der Waals surface area contributed by atoms with Gasteiger partial charge in [0.25, 0.3) is 0 Å². The Bertz CT molecular complexity index is 642. The summed E-state index contributed by atoms with van der Waals surface area (Å²) in [6.45, 7) is 4.78. The summed E-state index contributed by atoms with van der Waals surface area (Å²) in [6.07, 6.45) is 0.714. The van der Waals surface area contributed by atoms with E-state index in [1.807, 2.05) is 24.7 Å². The maximum atomic E-state index is 13.3. The molecule has 1 aromatic carbocycles. The maximum absolute atomic E-state index is 13.3. The normalized spacial score (nSPS) is 12.7. The first-order chi connectivity index (χ1) is 9.93. The lowest BCUT2D eigenvalue weighted by Gasteiger charge is -2.20. The van der Waals surface area contributed by atoms with Crippen LogP contribution >= 0.6 is 34.2 Å². The molecule has 1 unspecified atom stereocenters. The molecule has 2 rings (SSSR count). The molecule has 21 heavy (non-hydrogen) atoms. The summed E-state index contributed by atoms with van der Waals surface area (Å²) in [5, 5.41) is 8.50. The molecule has 114 valence electrons. The number of aryl methyl sites for hydroxylation is 2. The number of hydrogen-bond donors (Lipinski definition) is 1. The first-order valence-corrected chi connectivity index (χ1v) is 8.26. The van der Waals surface area contributed by atoms with E-state index in [4.69, 9.17) is 11.6 Å². The van der Waals surface area contributed by atoms with Crippen molar-refractivity contribution in [3.63, 3.8) is 0 Å². The highest BCUT2D eigenvalue weighted by Gasteiger charge is 2.19. The van der Waals surface area contributed by atoms with Gasteiger partial charge in [-0.3, -0.25) is 4.68 Å². The molecule has 1 aromatic heterocycles. The van der Waals surface area contributed by atoms with Crippen LogP contribution in [-0.4, -0.2) is 16.3 Å². The van der Waals surface area contributed by atoms with Crippen LogP contribution in [0.15, 0.2) is 18.2 Å². The fourth-order valence-corrected chi connectivity index (χ4v) is 3.51. The molecule has 2 aromatic rings. The third-order valence-electron chi connectivity index (χ3n) is 3.45. The van der Waals surface area contributed by atoms with Crippen molar-refractivity contribution < 1.29 is 4.39 Å². The minimum Gasteiger partial charge on any atom is -0.310 e. The van der Waals surface area contributed by atoms with Crippen molar-refractivity contribution in [3.05, 3.63) is 49.6 Å². The van der Waals surface area contributed by atoms with Gasteiger partial charge in [0.2, 0.25) is 0 Å². The number of nitrogens with zero attached hydrogens (tertiary/aromatic N) is 2. The van der Waals surface area contributed by atoms with E-state index in [1.165, 1.54) is 6.07 Å². The summed E-state index contributed by atoms with van der Waals surface area (Å²) in [5.74, 6) is -0.215. The summed E-state index contributed by atoms with van der Waals surface area (Å²) in [5.41, 5.74) is 2.90. The second-order valence-corrected chi connectivity index (χ2v) is 6.49. The first-order valence-electron chi connectivity index (χ1n) is 6.80. The van der Waals surface area contributed by atoms with Gasteiger partial charge in [0, 0.05) is 23.1 Å². The lowest BCUT2D eigenvalue weighted by molar-refractivity contribution is 0.525. The van der Waals surface area contributed by atoms with Crippen LogP contribution in [-0.2, 0) is 13.5 Å². The smallest absolute Gasteiger partial charge is 0.124 e. The molecule has 0 aliphatic heterocycles. The SMILES string of the molecule is CCNC(Cc1c(Cl)c(C)nn1C)c1ccc(F)cc1I. The lowest BCUT2D eigenvalue weighted by atomic mass is 10.0. The third-order valence-corrected chi connectivity index (χ3v) is 4.87. The Kier molecular flexibility index (Phi) is 5.62. The highest BCUT2D eigenvalue weighted by atomic mass is 127. The zero-order valence-electron chi connectivity index (χ0n) is 12.3. The van der Waals surface area contributed by atoms with Crippen LogP contribution in [0.5, 0.6) is 0 Å². The fraction of sp³-hybridized carbons (Fsp3) is 0.400. The van der Waals surface area contributed by atoms with Gasteiger partial charge < -0.3 is 5.32 Å². The van der Waals surface area contributed by atoms with E-state index in [2.05, 4.69) is 39.9 Å². The number of likely N-dealkylation sites (N-methyl/N-ethyl adjacent to an activating group) is 1. The van der Waals surface area contributed by atoms with Gasteiger partial charge in [-0.1, -0.05) is 24.6 Å². The van der Waals surface area contributed by atoms with Crippen molar-refractivity contribution in [2.24, 2.45) is 7.05 Å². The fourth-order valence-electron chi connectivity index (χ4n) is 2.42. The first kappa shape index (κ1) is 16.7. The van der Waals surface area contributed by atoms with Gasteiger partial charge in [-0.25, -0.2) is 4.39 Å². The van der Waals surface area contributed by atoms with Gasteiger partial charge in [0.1, 0.15) is 5.82 Å². The van der Waals surface area contributed by atoms with Crippen LogP contribution in [0.3, 0.4) is 0 Å². The highest BCUT2D eigenvalue weighted by molar-refractivity contribution is 14.1. The van der Waals surface area contributed by atoms with Crippen molar-refractivity contribution in [3.8, 4) is 0 Å². The molecule has 0 saturated heterocycles. The average molecular weight is 422 g/mol. The standard InChI is InChI=1S/C15H18ClFIN3/c1-4-19-13(11-6-5-10(17)7-12(11)18)8-14-15(16)9(2)20-21(14)3/h5-7,13,19H,4,8H2,1-3H3. The molecule has 0 spiro atoms. The number of rotatable bonds is 5. The monoisotopic (exact) mass is 421 g/mol. The van der Waals surface area contributed by atoms with Gasteiger partial charge in [-0.05, 0) is 53.8 Å². The molecule has 3 nitrogen and oxygen atoms in total. The van der Waals surface area contributed by atoms with Crippen molar-refractivity contribution >= 4 is 34.2 Å². The van der Waals surface area contributed by atoms with Gasteiger partial charge in [-0.2, -0.15) is 5.10 Å². The van der Waals surface area contributed by atoms with Crippen molar-refractivity contribution in [2.75, 3.05) is 6.54 Å². The third kappa shape index (κ3) is 3.76. The molecular weight excluding hydrogens is 404 g/mol. The summed E-state index contributed by atoms with van der Waals surface area (Å²) >= 11 is 8.51. The molecule has 1 atom stereocenters. The Morgan fingerprint density at radius 3 is 2.71 bits per heavy atom. The van der Waals surface area contributed by atoms with Gasteiger partial charge in [0.15, 0.2) is 0 Å². The molecule has 6 heteroatoms. The minimum atomic E-state index is -0.215. The molecule has 0 amide bonds. The van der Waals surface area contributed by atoms with Crippen molar-refractivity contribution in [1.29, 1.82) is 0 Å². The molecule has 0 saturated carbocycles. The van der Waals surface area contributed by atoms with E-state index >= 15 is 0 Å². The summed E-state index contributed by atoms with van der Waals surface area (Å²) in [7, 11) is 1.90. The Balaban J connectivity index is 2.35. The highest BCUT2D eigenvalue weighted by Crippen LogP contribution is 2.28. The zero-order chi connectivity index (χ0) is 15.6. The van der Waals surface area contributed by atoms with Crippen molar-refractivity contribution in [1.82, 2.24) is 15.1 Å². The molecule has 0 radical (unpaired) electrons. The minimum absolute atomic E-state index is 0.0785. The lowest BCUT2D eigenvalue weighted by Crippen LogP contribution is -2.25. The topological polar surface area (TPSA) is 29.9 Å². The van der Waals surface area contributed by atoms with Crippen LogP contribution in [0.4, 0.5) is 4.39 Å². The molecule has 1 N–H and O–H groups in total.